The third-order valence-electron chi connectivity index (χ3n) is 5.05. The molecule has 0 unspecified atom stereocenters. The van der Waals surface area contributed by atoms with Crippen molar-refractivity contribution < 1.29 is 0 Å². The van der Waals surface area contributed by atoms with E-state index in [2.05, 4.69) is 62.8 Å². The van der Waals surface area contributed by atoms with Gasteiger partial charge in [-0.3, -0.25) is 19.4 Å². The Labute approximate surface area is 152 Å². The quantitative estimate of drug-likeness (QED) is 0.771. The van der Waals surface area contributed by atoms with E-state index in [4.69, 9.17) is 9.98 Å². The zero-order valence-electron chi connectivity index (χ0n) is 14.9. The van der Waals surface area contributed by atoms with E-state index in [1.807, 2.05) is 18.3 Å². The van der Waals surface area contributed by atoms with Crippen molar-refractivity contribution in [1.82, 2.24) is 24.8 Å². The fraction of sp³-hybridized carbons (Fsp3) is 0.316. The van der Waals surface area contributed by atoms with Crippen LogP contribution in [0.2, 0.25) is 0 Å². The molecule has 0 spiro atoms. The Morgan fingerprint density at radius 2 is 2.04 bits per heavy atom. The van der Waals surface area contributed by atoms with Crippen LogP contribution in [0, 0.1) is 0 Å². The molecule has 1 N–H and O–H groups in total. The van der Waals surface area contributed by atoms with Gasteiger partial charge in [0.25, 0.3) is 0 Å². The fourth-order valence-electron chi connectivity index (χ4n) is 3.58. The second-order valence-corrected chi connectivity index (χ2v) is 6.98. The van der Waals surface area contributed by atoms with Gasteiger partial charge in [-0.2, -0.15) is 0 Å². The molecule has 2 aliphatic heterocycles. The Hall–Kier alpha value is -2.93. The van der Waals surface area contributed by atoms with Gasteiger partial charge < -0.3 is 5.32 Å². The highest BCUT2D eigenvalue weighted by atomic mass is 15.5. The summed E-state index contributed by atoms with van der Waals surface area (Å²) < 4.78 is 2.25. The predicted octanol–water partition coefficient (Wildman–Crippen LogP) is 2.38. The molecule has 4 heterocycles. The molecule has 7 heteroatoms. The molecule has 0 fully saturated rings. The Morgan fingerprint density at radius 3 is 2.85 bits per heavy atom. The first-order chi connectivity index (χ1) is 12.7. The lowest BCUT2D eigenvalue weighted by molar-refractivity contribution is 0.221. The summed E-state index contributed by atoms with van der Waals surface area (Å²) in [6.07, 6.45) is 3.62. The summed E-state index contributed by atoms with van der Waals surface area (Å²) in [7, 11) is 0. The molecule has 1 atom stereocenters. The van der Waals surface area contributed by atoms with Crippen LogP contribution in [0.15, 0.2) is 53.8 Å². The van der Waals surface area contributed by atoms with Gasteiger partial charge in [0.2, 0.25) is 11.9 Å². The SMILES string of the molecule is CC(C)N1CN=C2N[C@H](c3cccnc3)n3c(nc4ccccc43)N2C1. The van der Waals surface area contributed by atoms with Crippen LogP contribution < -0.4 is 10.2 Å². The summed E-state index contributed by atoms with van der Waals surface area (Å²) in [5, 5.41) is 3.60. The molecule has 132 valence electrons. The van der Waals surface area contributed by atoms with E-state index in [1.54, 1.807) is 6.20 Å². The van der Waals surface area contributed by atoms with Crippen molar-refractivity contribution in [2.24, 2.45) is 4.99 Å². The molecule has 0 bridgehead atoms. The van der Waals surface area contributed by atoms with Crippen molar-refractivity contribution >= 4 is 22.9 Å². The number of para-hydroxylation sites is 2. The lowest BCUT2D eigenvalue weighted by Crippen LogP contribution is -2.58. The molecule has 2 aromatic heterocycles. The second-order valence-electron chi connectivity index (χ2n) is 6.98. The molecular formula is C19H21N7. The monoisotopic (exact) mass is 347 g/mol. The summed E-state index contributed by atoms with van der Waals surface area (Å²) in [6.45, 7) is 5.85. The van der Waals surface area contributed by atoms with Crippen LogP contribution >= 0.6 is 0 Å². The lowest BCUT2D eigenvalue weighted by atomic mass is 10.2. The number of aliphatic imine (C=N–C) groups is 1. The second kappa shape index (κ2) is 5.81. The summed E-state index contributed by atoms with van der Waals surface area (Å²) in [6, 6.07) is 12.7. The first-order valence-corrected chi connectivity index (χ1v) is 8.92. The van der Waals surface area contributed by atoms with E-state index in [9.17, 15) is 0 Å². The van der Waals surface area contributed by atoms with Gasteiger partial charge in [0.05, 0.1) is 24.4 Å². The van der Waals surface area contributed by atoms with E-state index in [1.165, 1.54) is 0 Å². The van der Waals surface area contributed by atoms with E-state index in [0.717, 1.165) is 35.2 Å². The number of imidazole rings is 1. The Morgan fingerprint density at radius 1 is 1.15 bits per heavy atom. The van der Waals surface area contributed by atoms with Gasteiger partial charge in [0.1, 0.15) is 6.17 Å². The zero-order chi connectivity index (χ0) is 17.7. The number of hydrogen-bond acceptors (Lipinski definition) is 6. The molecule has 0 radical (unpaired) electrons. The summed E-state index contributed by atoms with van der Waals surface area (Å²) in [5.41, 5.74) is 3.18. The van der Waals surface area contributed by atoms with Crippen LogP contribution in [0.1, 0.15) is 25.6 Å². The highest BCUT2D eigenvalue weighted by Gasteiger charge is 2.36. The molecule has 7 nitrogen and oxygen atoms in total. The molecule has 0 aliphatic carbocycles. The Kier molecular flexibility index (Phi) is 3.43. The highest BCUT2D eigenvalue weighted by molar-refractivity contribution is 5.98. The van der Waals surface area contributed by atoms with Crippen molar-refractivity contribution in [3.63, 3.8) is 0 Å². The number of hydrogen-bond donors (Lipinski definition) is 1. The van der Waals surface area contributed by atoms with Crippen molar-refractivity contribution in [2.75, 3.05) is 18.2 Å². The largest absolute Gasteiger partial charge is 0.331 e. The fourth-order valence-corrected chi connectivity index (χ4v) is 3.58. The van der Waals surface area contributed by atoms with Crippen LogP contribution in [0.3, 0.4) is 0 Å². The molecule has 0 amide bonds. The van der Waals surface area contributed by atoms with Gasteiger partial charge in [-0.1, -0.05) is 18.2 Å². The standard InChI is InChI=1S/C19H21N7/c1-13(2)24-11-21-18-23-17(14-6-5-9-20-10-14)26-16-8-4-3-7-15(16)22-19(26)25(18)12-24/h3-10,13,17H,11-12H2,1-2H3,(H,21,23)/t17-/m0/s1. The first kappa shape index (κ1) is 15.3. The van der Waals surface area contributed by atoms with Crippen LogP contribution in [0.25, 0.3) is 11.0 Å². The summed E-state index contributed by atoms with van der Waals surface area (Å²) >= 11 is 0. The van der Waals surface area contributed by atoms with Crippen molar-refractivity contribution in [2.45, 2.75) is 26.1 Å². The zero-order valence-corrected chi connectivity index (χ0v) is 14.9. The van der Waals surface area contributed by atoms with E-state index >= 15 is 0 Å². The molecular weight excluding hydrogens is 326 g/mol. The van der Waals surface area contributed by atoms with E-state index in [-0.39, 0.29) is 6.17 Å². The third kappa shape index (κ3) is 2.28. The number of anilines is 1. The molecule has 3 aromatic rings. The maximum absolute atomic E-state index is 4.93. The molecule has 5 rings (SSSR count). The highest BCUT2D eigenvalue weighted by Crippen LogP contribution is 2.33. The number of guanidine groups is 1. The molecule has 1 aromatic carbocycles. The number of aromatic nitrogens is 3. The minimum atomic E-state index is -0.0771. The van der Waals surface area contributed by atoms with Gasteiger partial charge in [-0.25, -0.2) is 9.98 Å². The number of benzene rings is 1. The van der Waals surface area contributed by atoms with Crippen molar-refractivity contribution in [1.29, 1.82) is 0 Å². The van der Waals surface area contributed by atoms with Gasteiger partial charge in [-0.05, 0) is 32.0 Å². The number of nitrogens with one attached hydrogen (secondary N) is 1. The minimum Gasteiger partial charge on any atom is -0.331 e. The van der Waals surface area contributed by atoms with Gasteiger partial charge >= 0.3 is 0 Å². The molecule has 0 saturated heterocycles. The Balaban J connectivity index is 1.70. The summed E-state index contributed by atoms with van der Waals surface area (Å²) in [4.78, 5) is 18.5. The van der Waals surface area contributed by atoms with Crippen molar-refractivity contribution in [3.05, 3.63) is 54.4 Å². The van der Waals surface area contributed by atoms with Crippen LogP contribution in [0.5, 0.6) is 0 Å². The summed E-state index contributed by atoms with van der Waals surface area (Å²) in [5.74, 6) is 1.79. The predicted molar refractivity (Wildman–Crippen MR) is 102 cm³/mol. The first-order valence-electron chi connectivity index (χ1n) is 8.92. The number of rotatable bonds is 2. The number of nitrogens with zero attached hydrogens (tertiary/aromatic N) is 6. The van der Waals surface area contributed by atoms with Crippen LogP contribution in [-0.4, -0.2) is 44.8 Å². The van der Waals surface area contributed by atoms with E-state index < -0.39 is 0 Å². The number of pyridine rings is 1. The molecule has 0 saturated carbocycles. The maximum atomic E-state index is 4.93. The van der Waals surface area contributed by atoms with Gasteiger partial charge in [0.15, 0.2) is 0 Å². The topological polar surface area (TPSA) is 61.6 Å². The Bertz CT molecular complexity index is 976. The normalized spacial score (nSPS) is 19.9. The third-order valence-corrected chi connectivity index (χ3v) is 5.05. The number of fused-ring (bicyclic) bond motifs is 5. The van der Waals surface area contributed by atoms with Crippen LogP contribution in [-0.2, 0) is 0 Å². The average molecular weight is 347 g/mol. The van der Waals surface area contributed by atoms with Crippen LogP contribution in [0.4, 0.5) is 5.95 Å². The lowest BCUT2D eigenvalue weighted by Gasteiger charge is -2.42. The smallest absolute Gasteiger partial charge is 0.216 e. The van der Waals surface area contributed by atoms with Crippen molar-refractivity contribution in [3.8, 4) is 0 Å². The average Bonchev–Trinajstić information content (AvgIpc) is 3.07. The van der Waals surface area contributed by atoms with Gasteiger partial charge in [0, 0.05) is 24.0 Å². The van der Waals surface area contributed by atoms with Gasteiger partial charge in [-0.15, -0.1) is 0 Å². The maximum Gasteiger partial charge on any atom is 0.216 e. The molecule has 2 aliphatic rings. The van der Waals surface area contributed by atoms with E-state index in [0.29, 0.717) is 12.7 Å². The molecule has 26 heavy (non-hydrogen) atoms. The minimum absolute atomic E-state index is 0.0771.